The van der Waals surface area contributed by atoms with E-state index in [1.165, 1.54) is 4.57 Å². The Bertz CT molecular complexity index is 541. The molecule has 4 nitrogen and oxygen atoms in total. The number of likely N-dealkylation sites (tertiary alicyclic amines) is 1. The second-order valence-corrected chi connectivity index (χ2v) is 6.53. The number of nitrogens with one attached hydrogen (secondary N) is 1. The Hall–Kier alpha value is -1.43. The van der Waals surface area contributed by atoms with Gasteiger partial charge in [-0.3, -0.25) is 4.79 Å². The molecule has 2 unspecified atom stereocenters. The lowest BCUT2D eigenvalue weighted by Gasteiger charge is -2.35. The predicted octanol–water partition coefficient (Wildman–Crippen LogP) is 1.82. The summed E-state index contributed by atoms with van der Waals surface area (Å²) in [6.07, 6.45) is -0.913. The summed E-state index contributed by atoms with van der Waals surface area (Å²) in [7, 11) is 0. The third-order valence-electron chi connectivity index (χ3n) is 4.99. The Morgan fingerprint density at radius 2 is 2.24 bits per heavy atom. The van der Waals surface area contributed by atoms with E-state index < -0.39 is 13.0 Å². The average Bonchev–Trinajstić information content (AvgIpc) is 3.06. The second kappa shape index (κ2) is 5.09. The fourth-order valence-corrected chi connectivity index (χ4v) is 3.82. The first-order valence-electron chi connectivity index (χ1n) is 7.37. The van der Waals surface area contributed by atoms with E-state index in [2.05, 4.69) is 19.2 Å². The van der Waals surface area contributed by atoms with E-state index in [0.29, 0.717) is 24.1 Å². The standard InChI is InChI=1S/C15H21F2N3O/c1-15(2)11-7-18-6-10(11)8-20(15)14(21)12-4-3-5-19(12)9-13(16)17/h3-5,10-11,13,18H,6-9H2,1-2H3. The number of hydrogen-bond donors (Lipinski definition) is 1. The predicted molar refractivity (Wildman–Crippen MR) is 75.4 cm³/mol. The minimum absolute atomic E-state index is 0.139. The number of rotatable bonds is 3. The van der Waals surface area contributed by atoms with Crippen molar-refractivity contribution in [3.8, 4) is 0 Å². The van der Waals surface area contributed by atoms with Crippen molar-refractivity contribution in [2.75, 3.05) is 19.6 Å². The minimum Gasteiger partial charge on any atom is -0.338 e. The number of nitrogens with zero attached hydrogens (tertiary/aromatic N) is 2. The van der Waals surface area contributed by atoms with E-state index in [1.54, 1.807) is 18.3 Å². The highest BCUT2D eigenvalue weighted by atomic mass is 19.3. The van der Waals surface area contributed by atoms with Crippen molar-refractivity contribution in [2.45, 2.75) is 32.4 Å². The molecule has 0 aromatic carbocycles. The van der Waals surface area contributed by atoms with Gasteiger partial charge in [-0.1, -0.05) is 0 Å². The molecule has 0 radical (unpaired) electrons. The summed E-state index contributed by atoms with van der Waals surface area (Å²) in [5, 5.41) is 3.37. The molecule has 21 heavy (non-hydrogen) atoms. The van der Waals surface area contributed by atoms with Crippen LogP contribution in [0.4, 0.5) is 8.78 Å². The molecular weight excluding hydrogens is 276 g/mol. The molecule has 3 heterocycles. The van der Waals surface area contributed by atoms with Crippen LogP contribution in [0.5, 0.6) is 0 Å². The SMILES string of the molecule is CC1(C)C2CNCC2CN1C(=O)c1cccn1CC(F)F. The van der Waals surface area contributed by atoms with Crippen LogP contribution in [-0.2, 0) is 6.54 Å². The van der Waals surface area contributed by atoms with E-state index in [-0.39, 0.29) is 11.4 Å². The van der Waals surface area contributed by atoms with Crippen LogP contribution in [-0.4, -0.2) is 47.0 Å². The van der Waals surface area contributed by atoms with Gasteiger partial charge in [0.05, 0.1) is 6.54 Å². The summed E-state index contributed by atoms with van der Waals surface area (Å²) in [4.78, 5) is 14.7. The molecule has 0 spiro atoms. The lowest BCUT2D eigenvalue weighted by Crippen LogP contribution is -2.48. The van der Waals surface area contributed by atoms with Gasteiger partial charge in [0.25, 0.3) is 12.3 Å². The van der Waals surface area contributed by atoms with Crippen molar-refractivity contribution in [1.29, 1.82) is 0 Å². The zero-order chi connectivity index (χ0) is 15.2. The number of amides is 1. The van der Waals surface area contributed by atoms with Crippen molar-refractivity contribution < 1.29 is 13.6 Å². The van der Waals surface area contributed by atoms with Crippen LogP contribution in [0.25, 0.3) is 0 Å². The quantitative estimate of drug-likeness (QED) is 0.924. The maximum atomic E-state index is 12.8. The molecule has 1 amide bonds. The zero-order valence-electron chi connectivity index (χ0n) is 12.4. The van der Waals surface area contributed by atoms with Gasteiger partial charge in [0.1, 0.15) is 5.69 Å². The largest absolute Gasteiger partial charge is 0.338 e. The molecule has 0 aliphatic carbocycles. The number of carbonyl (C=O) groups excluding carboxylic acids is 1. The third-order valence-corrected chi connectivity index (χ3v) is 4.99. The molecule has 2 saturated heterocycles. The van der Waals surface area contributed by atoms with Gasteiger partial charge in [-0.25, -0.2) is 8.78 Å². The summed E-state index contributed by atoms with van der Waals surface area (Å²) >= 11 is 0. The van der Waals surface area contributed by atoms with Crippen LogP contribution in [0.15, 0.2) is 18.3 Å². The zero-order valence-corrected chi connectivity index (χ0v) is 12.4. The van der Waals surface area contributed by atoms with Gasteiger partial charge in [0.2, 0.25) is 0 Å². The van der Waals surface area contributed by atoms with Crippen LogP contribution in [0, 0.1) is 11.8 Å². The van der Waals surface area contributed by atoms with Gasteiger partial charge in [0, 0.05) is 31.4 Å². The Balaban J connectivity index is 1.84. The Morgan fingerprint density at radius 1 is 1.48 bits per heavy atom. The van der Waals surface area contributed by atoms with Crippen LogP contribution >= 0.6 is 0 Å². The van der Waals surface area contributed by atoms with Crippen molar-refractivity contribution in [3.63, 3.8) is 0 Å². The molecular formula is C15H21F2N3O. The molecule has 2 aliphatic heterocycles. The van der Waals surface area contributed by atoms with Gasteiger partial charge in [0.15, 0.2) is 0 Å². The molecule has 1 aromatic heterocycles. The lowest BCUT2D eigenvalue weighted by molar-refractivity contribution is 0.0585. The maximum absolute atomic E-state index is 12.8. The molecule has 0 bridgehead atoms. The van der Waals surface area contributed by atoms with Gasteiger partial charge < -0.3 is 14.8 Å². The molecule has 2 aliphatic rings. The summed E-state index contributed by atoms with van der Waals surface area (Å²) in [5.74, 6) is 0.752. The van der Waals surface area contributed by atoms with E-state index in [9.17, 15) is 13.6 Å². The molecule has 116 valence electrons. The molecule has 3 rings (SSSR count). The third kappa shape index (κ3) is 2.35. The number of carbonyl (C=O) groups is 1. The maximum Gasteiger partial charge on any atom is 0.270 e. The molecule has 0 saturated carbocycles. The highest BCUT2D eigenvalue weighted by molar-refractivity contribution is 5.93. The average molecular weight is 297 g/mol. The molecule has 1 N–H and O–H groups in total. The first-order valence-corrected chi connectivity index (χ1v) is 7.37. The van der Waals surface area contributed by atoms with Crippen LogP contribution in [0.3, 0.4) is 0 Å². The monoisotopic (exact) mass is 297 g/mol. The van der Waals surface area contributed by atoms with E-state index in [4.69, 9.17) is 0 Å². The Labute approximate surface area is 123 Å². The highest BCUT2D eigenvalue weighted by Crippen LogP contribution is 2.41. The lowest BCUT2D eigenvalue weighted by atomic mass is 9.85. The summed E-state index contributed by atoms with van der Waals surface area (Å²) in [6, 6.07) is 3.29. The van der Waals surface area contributed by atoms with Gasteiger partial charge in [-0.15, -0.1) is 0 Å². The van der Waals surface area contributed by atoms with Crippen molar-refractivity contribution in [3.05, 3.63) is 24.0 Å². The first-order chi connectivity index (χ1) is 9.91. The number of alkyl halides is 2. The second-order valence-electron chi connectivity index (χ2n) is 6.53. The molecule has 2 atom stereocenters. The highest BCUT2D eigenvalue weighted by Gasteiger charge is 2.51. The molecule has 6 heteroatoms. The Kier molecular flexibility index (Phi) is 3.51. The fraction of sp³-hybridized carbons (Fsp3) is 0.667. The minimum atomic E-state index is -2.46. The summed E-state index contributed by atoms with van der Waals surface area (Å²) < 4.78 is 26.6. The van der Waals surface area contributed by atoms with Crippen LogP contribution in [0.1, 0.15) is 24.3 Å². The smallest absolute Gasteiger partial charge is 0.270 e. The summed E-state index contributed by atoms with van der Waals surface area (Å²) in [5.41, 5.74) is 0.113. The molecule has 2 fully saturated rings. The van der Waals surface area contributed by atoms with Crippen LogP contribution < -0.4 is 5.32 Å². The van der Waals surface area contributed by atoms with E-state index in [0.717, 1.165) is 13.1 Å². The van der Waals surface area contributed by atoms with Gasteiger partial charge >= 0.3 is 0 Å². The van der Waals surface area contributed by atoms with Crippen molar-refractivity contribution >= 4 is 5.91 Å². The first kappa shape index (κ1) is 14.5. The topological polar surface area (TPSA) is 37.3 Å². The van der Waals surface area contributed by atoms with Crippen LogP contribution in [0.2, 0.25) is 0 Å². The number of aromatic nitrogens is 1. The normalized spacial score (nSPS) is 27.4. The van der Waals surface area contributed by atoms with Gasteiger partial charge in [-0.2, -0.15) is 0 Å². The Morgan fingerprint density at radius 3 is 2.90 bits per heavy atom. The van der Waals surface area contributed by atoms with Gasteiger partial charge in [-0.05, 0) is 37.8 Å². The van der Waals surface area contributed by atoms with E-state index in [1.807, 2.05) is 4.90 Å². The number of halogens is 2. The molecule has 1 aromatic rings. The fourth-order valence-electron chi connectivity index (χ4n) is 3.82. The van der Waals surface area contributed by atoms with E-state index >= 15 is 0 Å². The summed E-state index contributed by atoms with van der Waals surface area (Å²) in [6.45, 7) is 6.25. The number of hydrogen-bond acceptors (Lipinski definition) is 2. The van der Waals surface area contributed by atoms with Crippen molar-refractivity contribution in [1.82, 2.24) is 14.8 Å². The number of fused-ring (bicyclic) bond motifs is 1. The van der Waals surface area contributed by atoms with Crippen molar-refractivity contribution in [2.24, 2.45) is 11.8 Å².